The largest absolute Gasteiger partial charge is 0.271 e. The van der Waals surface area contributed by atoms with E-state index in [9.17, 15) is 4.39 Å². The van der Waals surface area contributed by atoms with Crippen LogP contribution in [0.3, 0.4) is 0 Å². The van der Waals surface area contributed by atoms with E-state index in [1.54, 1.807) is 0 Å². The summed E-state index contributed by atoms with van der Waals surface area (Å²) >= 11 is 0. The van der Waals surface area contributed by atoms with Crippen molar-refractivity contribution < 1.29 is 4.39 Å². The summed E-state index contributed by atoms with van der Waals surface area (Å²) in [6.45, 7) is 2.00. The molecule has 3 unspecified atom stereocenters. The van der Waals surface area contributed by atoms with Crippen molar-refractivity contribution in [2.24, 2.45) is 17.2 Å². The summed E-state index contributed by atoms with van der Waals surface area (Å²) in [5.41, 5.74) is 2.64. The molecule has 0 radical (unpaired) electrons. The molecule has 0 aromatic rings. The third-order valence-corrected chi connectivity index (χ3v) is 3.69. The van der Waals surface area contributed by atoms with Crippen LogP contribution in [0.15, 0.2) is 0 Å². The van der Waals surface area contributed by atoms with Crippen LogP contribution in [0.4, 0.5) is 4.39 Å². The highest BCUT2D eigenvalue weighted by Gasteiger charge is 2.58. The van der Waals surface area contributed by atoms with Crippen LogP contribution >= 0.6 is 0 Å². The molecule has 3 atom stereocenters. The first-order chi connectivity index (χ1) is 5.68. The lowest BCUT2D eigenvalue weighted by Gasteiger charge is -2.37. The first kappa shape index (κ1) is 8.45. The van der Waals surface area contributed by atoms with Crippen LogP contribution in [0.25, 0.3) is 0 Å². The second-order valence-electron chi connectivity index (χ2n) is 4.51. The lowest BCUT2D eigenvalue weighted by atomic mass is 9.74. The lowest BCUT2D eigenvalue weighted by Crippen LogP contribution is -2.49. The average Bonchev–Trinajstić information content (AvgIpc) is 2.51. The molecule has 2 aliphatic carbocycles. The van der Waals surface area contributed by atoms with Gasteiger partial charge in [-0.25, -0.2) is 4.39 Å². The van der Waals surface area contributed by atoms with Crippen LogP contribution in [-0.4, -0.2) is 12.2 Å². The Morgan fingerprint density at radius 3 is 2.42 bits per heavy atom. The predicted molar refractivity (Wildman–Crippen MR) is 46.1 cm³/mol. The Bertz CT molecular complexity index is 181. The van der Waals surface area contributed by atoms with E-state index < -0.39 is 6.17 Å². The minimum absolute atomic E-state index is 0.153. The van der Waals surface area contributed by atoms with Gasteiger partial charge in [0.1, 0.15) is 6.17 Å². The van der Waals surface area contributed by atoms with Gasteiger partial charge in [-0.3, -0.25) is 11.3 Å². The maximum Gasteiger partial charge on any atom is 0.108 e. The molecule has 0 amide bonds. The van der Waals surface area contributed by atoms with E-state index >= 15 is 0 Å². The Balaban J connectivity index is 1.98. The number of halogens is 1. The minimum Gasteiger partial charge on any atom is -0.271 e. The molecule has 12 heavy (non-hydrogen) atoms. The molecule has 2 aliphatic rings. The van der Waals surface area contributed by atoms with Gasteiger partial charge in [0.15, 0.2) is 0 Å². The van der Waals surface area contributed by atoms with Crippen molar-refractivity contribution in [3.05, 3.63) is 0 Å². The zero-order valence-corrected chi connectivity index (χ0v) is 7.52. The molecule has 0 heterocycles. The Labute approximate surface area is 72.7 Å². The number of hydrogen-bond donors (Lipinski definition) is 2. The van der Waals surface area contributed by atoms with Crippen molar-refractivity contribution in [3.8, 4) is 0 Å². The van der Waals surface area contributed by atoms with E-state index in [4.69, 9.17) is 5.84 Å². The highest BCUT2D eigenvalue weighted by Crippen LogP contribution is 2.54. The van der Waals surface area contributed by atoms with Crippen LogP contribution < -0.4 is 11.3 Å². The summed E-state index contributed by atoms with van der Waals surface area (Å²) in [6.07, 6.45) is 3.79. The van der Waals surface area contributed by atoms with E-state index in [0.29, 0.717) is 12.3 Å². The Hall–Kier alpha value is -0.150. The highest BCUT2D eigenvalue weighted by molar-refractivity contribution is 5.09. The fourth-order valence-corrected chi connectivity index (χ4v) is 2.29. The van der Waals surface area contributed by atoms with Gasteiger partial charge in [0.05, 0.1) is 0 Å². The van der Waals surface area contributed by atoms with Gasteiger partial charge in [-0.2, -0.15) is 0 Å². The fourth-order valence-electron chi connectivity index (χ4n) is 2.29. The van der Waals surface area contributed by atoms with Crippen LogP contribution in [0.2, 0.25) is 0 Å². The van der Waals surface area contributed by atoms with Crippen LogP contribution in [0.1, 0.15) is 32.6 Å². The standard InChI is InChI=1S/C9H17FN2/c1-9(5-7(9)10)8(12-11)6-3-2-4-6/h6-8,12H,2-5,11H2,1H3. The van der Waals surface area contributed by atoms with Crippen molar-refractivity contribution >= 4 is 0 Å². The molecule has 3 heteroatoms. The number of rotatable bonds is 3. The summed E-state index contributed by atoms with van der Waals surface area (Å²) in [7, 11) is 0. The maximum atomic E-state index is 13.0. The van der Waals surface area contributed by atoms with Crippen molar-refractivity contribution in [3.63, 3.8) is 0 Å². The molecule has 2 fully saturated rings. The zero-order chi connectivity index (χ0) is 8.77. The molecule has 0 aliphatic heterocycles. The van der Waals surface area contributed by atoms with E-state index in [-0.39, 0.29) is 11.5 Å². The van der Waals surface area contributed by atoms with Crippen LogP contribution in [0.5, 0.6) is 0 Å². The fraction of sp³-hybridized carbons (Fsp3) is 1.00. The molecule has 0 saturated heterocycles. The zero-order valence-electron chi connectivity index (χ0n) is 7.52. The predicted octanol–water partition coefficient (Wildman–Crippen LogP) is 1.37. The van der Waals surface area contributed by atoms with Crippen molar-refractivity contribution in [1.82, 2.24) is 5.43 Å². The van der Waals surface area contributed by atoms with Crippen molar-refractivity contribution in [1.29, 1.82) is 0 Å². The molecule has 0 bridgehead atoms. The second kappa shape index (κ2) is 2.67. The number of hydrogen-bond acceptors (Lipinski definition) is 2. The second-order valence-corrected chi connectivity index (χ2v) is 4.51. The highest BCUT2D eigenvalue weighted by atomic mass is 19.1. The molecular formula is C9H17FN2. The molecule has 0 aromatic heterocycles. The first-order valence-corrected chi connectivity index (χ1v) is 4.78. The van der Waals surface area contributed by atoms with Gasteiger partial charge in [-0.05, 0) is 25.2 Å². The summed E-state index contributed by atoms with van der Waals surface area (Å²) in [6, 6.07) is 0.209. The Morgan fingerprint density at radius 2 is 2.17 bits per heavy atom. The Morgan fingerprint density at radius 1 is 1.58 bits per heavy atom. The van der Waals surface area contributed by atoms with Crippen molar-refractivity contribution in [2.45, 2.75) is 44.8 Å². The summed E-state index contributed by atoms with van der Waals surface area (Å²) < 4.78 is 13.0. The molecule has 3 N–H and O–H groups in total. The monoisotopic (exact) mass is 172 g/mol. The SMILES string of the molecule is CC1(C(NN)C2CCC2)CC1F. The smallest absolute Gasteiger partial charge is 0.108 e. The van der Waals surface area contributed by atoms with E-state index in [1.165, 1.54) is 19.3 Å². The van der Waals surface area contributed by atoms with Gasteiger partial charge in [0.25, 0.3) is 0 Å². The number of hydrazine groups is 1. The molecule has 70 valence electrons. The number of alkyl halides is 1. The summed E-state index contributed by atoms with van der Waals surface area (Å²) in [4.78, 5) is 0. The van der Waals surface area contributed by atoms with Gasteiger partial charge < -0.3 is 0 Å². The van der Waals surface area contributed by atoms with Crippen LogP contribution in [0, 0.1) is 11.3 Å². The molecule has 2 saturated carbocycles. The minimum atomic E-state index is -0.626. The third kappa shape index (κ3) is 1.07. The van der Waals surface area contributed by atoms with E-state index in [1.807, 2.05) is 6.92 Å². The van der Waals surface area contributed by atoms with Gasteiger partial charge in [0.2, 0.25) is 0 Å². The van der Waals surface area contributed by atoms with Gasteiger partial charge in [0, 0.05) is 11.5 Å². The average molecular weight is 172 g/mol. The summed E-state index contributed by atoms with van der Waals surface area (Å²) in [5.74, 6) is 6.08. The third-order valence-electron chi connectivity index (χ3n) is 3.69. The van der Waals surface area contributed by atoms with Gasteiger partial charge in [-0.1, -0.05) is 13.3 Å². The topological polar surface area (TPSA) is 38.0 Å². The normalized spacial score (nSPS) is 43.8. The van der Waals surface area contributed by atoms with E-state index in [2.05, 4.69) is 5.43 Å². The van der Waals surface area contributed by atoms with Crippen LogP contribution in [-0.2, 0) is 0 Å². The lowest BCUT2D eigenvalue weighted by molar-refractivity contribution is 0.152. The Kier molecular flexibility index (Phi) is 1.88. The van der Waals surface area contributed by atoms with E-state index in [0.717, 1.165) is 0 Å². The quantitative estimate of drug-likeness (QED) is 0.498. The first-order valence-electron chi connectivity index (χ1n) is 4.78. The number of nitrogens with one attached hydrogen (secondary N) is 1. The molecule has 2 rings (SSSR count). The van der Waals surface area contributed by atoms with Crippen molar-refractivity contribution in [2.75, 3.05) is 0 Å². The van der Waals surface area contributed by atoms with Gasteiger partial charge in [-0.15, -0.1) is 0 Å². The maximum absolute atomic E-state index is 13.0. The molecule has 0 aromatic carbocycles. The summed E-state index contributed by atoms with van der Waals surface area (Å²) in [5, 5.41) is 0. The van der Waals surface area contributed by atoms with Gasteiger partial charge >= 0.3 is 0 Å². The molecular weight excluding hydrogens is 155 g/mol. The molecule has 2 nitrogen and oxygen atoms in total. The molecule has 0 spiro atoms. The number of nitrogens with two attached hydrogens (primary N) is 1.